The topological polar surface area (TPSA) is 79.0 Å². The van der Waals surface area contributed by atoms with Crippen molar-refractivity contribution >= 4 is 23.1 Å². The van der Waals surface area contributed by atoms with Gasteiger partial charge >= 0.3 is 0 Å². The number of amides is 1. The molecule has 0 radical (unpaired) electrons. The first-order valence-corrected chi connectivity index (χ1v) is 6.76. The van der Waals surface area contributed by atoms with Crippen molar-refractivity contribution in [2.45, 2.75) is 12.8 Å². The van der Waals surface area contributed by atoms with Gasteiger partial charge in [-0.3, -0.25) is 9.69 Å². The maximum Gasteiger partial charge on any atom is 0.223 e. The van der Waals surface area contributed by atoms with E-state index >= 15 is 0 Å². The van der Waals surface area contributed by atoms with Crippen molar-refractivity contribution in [1.29, 1.82) is 0 Å². The van der Waals surface area contributed by atoms with Gasteiger partial charge in [0.2, 0.25) is 5.91 Å². The maximum atomic E-state index is 11.9. The van der Waals surface area contributed by atoms with E-state index in [1.807, 2.05) is 4.90 Å². The monoisotopic (exact) mass is 291 g/mol. The predicted octanol–water partition coefficient (Wildman–Crippen LogP) is -0.548. The van der Waals surface area contributed by atoms with Gasteiger partial charge in [-0.2, -0.15) is 0 Å². The Hall–Kier alpha value is -0.760. The Labute approximate surface area is 120 Å². The molecule has 0 bridgehead atoms. The number of aliphatic hydroxyl groups is 1. The number of carbonyl (C=O) groups is 1. The minimum absolute atomic E-state index is 0.0524. The van der Waals surface area contributed by atoms with E-state index in [4.69, 9.17) is 27.8 Å². The Morgan fingerprint density at radius 3 is 2.47 bits per heavy atom. The van der Waals surface area contributed by atoms with E-state index in [0.717, 1.165) is 0 Å². The van der Waals surface area contributed by atoms with Gasteiger partial charge in [0.25, 0.3) is 0 Å². The Morgan fingerprint density at radius 2 is 1.95 bits per heavy atom. The van der Waals surface area contributed by atoms with E-state index in [1.54, 1.807) is 19.1 Å². The summed E-state index contributed by atoms with van der Waals surface area (Å²) in [6, 6.07) is 0. The molecule has 19 heavy (non-hydrogen) atoms. The Kier molecular flexibility index (Phi) is 10.7. The summed E-state index contributed by atoms with van der Waals surface area (Å²) in [5.74, 6) is 0.0524. The summed E-state index contributed by atoms with van der Waals surface area (Å²) in [7, 11) is 3.37. The molecule has 7 heteroatoms. The summed E-state index contributed by atoms with van der Waals surface area (Å²) in [4.78, 5) is 15.9. The molecule has 0 aliphatic rings. The zero-order valence-corrected chi connectivity index (χ0v) is 12.6. The first-order valence-electron chi connectivity index (χ1n) is 6.35. The van der Waals surface area contributed by atoms with Gasteiger partial charge in [-0.25, -0.2) is 0 Å². The standard InChI is InChI=1S/C12H25N3O3S/c1-14(5-3-11(13)19)12(17)4-6-15(7-9-16)8-10-18-2/h16H,3-10H2,1-2H3,(H2,13,19). The highest BCUT2D eigenvalue weighted by atomic mass is 32.1. The highest BCUT2D eigenvalue weighted by Gasteiger charge is 2.11. The summed E-state index contributed by atoms with van der Waals surface area (Å²) in [6.07, 6.45) is 0.957. The van der Waals surface area contributed by atoms with E-state index in [0.29, 0.717) is 50.6 Å². The highest BCUT2D eigenvalue weighted by Crippen LogP contribution is 1.97. The summed E-state index contributed by atoms with van der Waals surface area (Å²) in [6.45, 7) is 3.08. The van der Waals surface area contributed by atoms with Crippen molar-refractivity contribution in [3.8, 4) is 0 Å². The normalized spacial score (nSPS) is 10.7. The van der Waals surface area contributed by atoms with Crippen LogP contribution >= 0.6 is 12.2 Å². The fraction of sp³-hybridized carbons (Fsp3) is 0.833. The summed E-state index contributed by atoms with van der Waals surface area (Å²) < 4.78 is 4.99. The van der Waals surface area contributed by atoms with Crippen molar-refractivity contribution in [2.24, 2.45) is 5.73 Å². The fourth-order valence-corrected chi connectivity index (χ4v) is 1.64. The summed E-state index contributed by atoms with van der Waals surface area (Å²) in [5, 5.41) is 8.95. The van der Waals surface area contributed by atoms with Crippen LogP contribution in [0.2, 0.25) is 0 Å². The molecular weight excluding hydrogens is 266 g/mol. The number of hydrogen-bond donors (Lipinski definition) is 2. The minimum atomic E-state index is 0.0524. The smallest absolute Gasteiger partial charge is 0.223 e. The minimum Gasteiger partial charge on any atom is -0.395 e. The zero-order chi connectivity index (χ0) is 14.7. The third kappa shape index (κ3) is 9.77. The average Bonchev–Trinajstić information content (AvgIpc) is 2.38. The first-order chi connectivity index (χ1) is 9.01. The Balaban J connectivity index is 3.97. The number of aliphatic hydroxyl groups excluding tert-OH is 1. The van der Waals surface area contributed by atoms with Crippen LogP contribution in [0.15, 0.2) is 0 Å². The molecule has 0 unspecified atom stereocenters. The van der Waals surface area contributed by atoms with Crippen LogP contribution in [-0.4, -0.2) is 79.4 Å². The first kappa shape index (κ1) is 18.2. The molecular formula is C12H25N3O3S. The van der Waals surface area contributed by atoms with Crippen LogP contribution in [0.25, 0.3) is 0 Å². The number of rotatable bonds is 11. The van der Waals surface area contributed by atoms with Gasteiger partial charge in [0, 0.05) is 53.2 Å². The summed E-state index contributed by atoms with van der Waals surface area (Å²) in [5.41, 5.74) is 5.40. The highest BCUT2D eigenvalue weighted by molar-refractivity contribution is 7.80. The molecule has 3 N–H and O–H groups in total. The molecule has 0 aliphatic carbocycles. The average molecular weight is 291 g/mol. The molecule has 0 fully saturated rings. The quantitative estimate of drug-likeness (QED) is 0.497. The molecule has 0 aliphatic heterocycles. The second-order valence-electron chi connectivity index (χ2n) is 4.34. The lowest BCUT2D eigenvalue weighted by Gasteiger charge is -2.22. The molecule has 0 aromatic carbocycles. The number of carbonyl (C=O) groups excluding carboxylic acids is 1. The Bertz CT molecular complexity index is 277. The van der Waals surface area contributed by atoms with E-state index < -0.39 is 0 Å². The van der Waals surface area contributed by atoms with Gasteiger partial charge in [0.15, 0.2) is 0 Å². The molecule has 0 saturated carbocycles. The van der Waals surface area contributed by atoms with E-state index in [1.165, 1.54) is 0 Å². The molecule has 0 rings (SSSR count). The van der Waals surface area contributed by atoms with E-state index in [-0.39, 0.29) is 12.5 Å². The van der Waals surface area contributed by atoms with Gasteiger partial charge in [-0.05, 0) is 0 Å². The number of nitrogens with zero attached hydrogens (tertiary/aromatic N) is 2. The third-order valence-electron chi connectivity index (χ3n) is 2.79. The van der Waals surface area contributed by atoms with Crippen molar-refractivity contribution in [2.75, 3.05) is 53.6 Å². The van der Waals surface area contributed by atoms with Crippen molar-refractivity contribution in [1.82, 2.24) is 9.80 Å². The van der Waals surface area contributed by atoms with Crippen LogP contribution in [0.3, 0.4) is 0 Å². The van der Waals surface area contributed by atoms with Gasteiger partial charge in [0.1, 0.15) is 0 Å². The SMILES string of the molecule is COCCN(CCO)CCC(=O)N(C)CCC(N)=S. The summed E-state index contributed by atoms with van der Waals surface area (Å²) >= 11 is 4.78. The van der Waals surface area contributed by atoms with E-state index in [2.05, 4.69) is 0 Å². The molecule has 0 saturated heterocycles. The zero-order valence-electron chi connectivity index (χ0n) is 11.8. The van der Waals surface area contributed by atoms with Gasteiger partial charge in [0.05, 0.1) is 18.2 Å². The van der Waals surface area contributed by atoms with E-state index in [9.17, 15) is 4.79 Å². The lowest BCUT2D eigenvalue weighted by molar-refractivity contribution is -0.130. The molecule has 6 nitrogen and oxygen atoms in total. The lowest BCUT2D eigenvalue weighted by Crippen LogP contribution is -2.36. The molecule has 0 aromatic rings. The molecule has 0 heterocycles. The number of methoxy groups -OCH3 is 1. The van der Waals surface area contributed by atoms with Gasteiger partial charge in [-0.15, -0.1) is 0 Å². The number of hydrogen-bond acceptors (Lipinski definition) is 5. The third-order valence-corrected chi connectivity index (χ3v) is 2.99. The second-order valence-corrected chi connectivity index (χ2v) is 4.86. The van der Waals surface area contributed by atoms with Crippen LogP contribution in [0.1, 0.15) is 12.8 Å². The number of nitrogens with two attached hydrogens (primary N) is 1. The van der Waals surface area contributed by atoms with Crippen LogP contribution < -0.4 is 5.73 Å². The fourth-order valence-electron chi connectivity index (χ4n) is 1.54. The second kappa shape index (κ2) is 11.1. The van der Waals surface area contributed by atoms with Gasteiger partial charge in [-0.1, -0.05) is 12.2 Å². The van der Waals surface area contributed by atoms with Crippen LogP contribution in [-0.2, 0) is 9.53 Å². The van der Waals surface area contributed by atoms with Crippen molar-refractivity contribution < 1.29 is 14.6 Å². The van der Waals surface area contributed by atoms with Crippen molar-refractivity contribution in [3.05, 3.63) is 0 Å². The van der Waals surface area contributed by atoms with Crippen LogP contribution in [0.5, 0.6) is 0 Å². The molecule has 0 aromatic heterocycles. The molecule has 0 atom stereocenters. The lowest BCUT2D eigenvalue weighted by atomic mass is 10.3. The van der Waals surface area contributed by atoms with Crippen LogP contribution in [0.4, 0.5) is 0 Å². The van der Waals surface area contributed by atoms with Crippen LogP contribution in [0, 0.1) is 0 Å². The predicted molar refractivity (Wildman–Crippen MR) is 79.1 cm³/mol. The largest absolute Gasteiger partial charge is 0.395 e. The number of thiocarbonyl (C=S) groups is 1. The molecule has 112 valence electrons. The Morgan fingerprint density at radius 1 is 1.26 bits per heavy atom. The molecule has 1 amide bonds. The van der Waals surface area contributed by atoms with Crippen molar-refractivity contribution in [3.63, 3.8) is 0 Å². The molecule has 0 spiro atoms. The number of ether oxygens (including phenoxy) is 1. The van der Waals surface area contributed by atoms with Gasteiger partial charge < -0.3 is 20.5 Å². The maximum absolute atomic E-state index is 11.9.